The second-order valence-electron chi connectivity index (χ2n) is 6.94. The molecule has 0 bridgehead atoms. The van der Waals surface area contributed by atoms with Gasteiger partial charge < -0.3 is 14.9 Å². The van der Waals surface area contributed by atoms with E-state index >= 15 is 0 Å². The first-order valence-corrected chi connectivity index (χ1v) is 10.4. The lowest BCUT2D eigenvalue weighted by Gasteiger charge is -2.11. The predicted octanol–water partition coefficient (Wildman–Crippen LogP) is 2.45. The maximum Gasteiger partial charge on any atom is 0.278 e. The second-order valence-corrected chi connectivity index (χ2v) is 8.17. The van der Waals surface area contributed by atoms with Crippen LogP contribution in [0.25, 0.3) is 16.9 Å². The van der Waals surface area contributed by atoms with Gasteiger partial charge in [0.25, 0.3) is 5.91 Å². The van der Waals surface area contributed by atoms with Crippen LogP contribution in [0.3, 0.4) is 0 Å². The van der Waals surface area contributed by atoms with E-state index in [0.717, 1.165) is 10.4 Å². The molecule has 31 heavy (non-hydrogen) atoms. The molecule has 3 N–H and O–H groups in total. The molecule has 0 unspecified atom stereocenters. The minimum absolute atomic E-state index is 0.0202. The summed E-state index contributed by atoms with van der Waals surface area (Å²) in [6.45, 7) is 3.29. The van der Waals surface area contributed by atoms with Crippen molar-refractivity contribution in [2.75, 3.05) is 18.5 Å². The number of fused-ring (bicyclic) bond motifs is 1. The number of aliphatic hydroxyl groups is 2. The van der Waals surface area contributed by atoms with Gasteiger partial charge in [-0.1, -0.05) is 12.1 Å². The Hall–Kier alpha value is -3.34. The van der Waals surface area contributed by atoms with Gasteiger partial charge in [-0.2, -0.15) is 5.10 Å². The molecule has 160 valence electrons. The molecule has 3 aromatic heterocycles. The van der Waals surface area contributed by atoms with Gasteiger partial charge in [0.05, 0.1) is 18.0 Å². The van der Waals surface area contributed by atoms with Gasteiger partial charge in [0, 0.05) is 16.6 Å². The number of anilines is 1. The average Bonchev–Trinajstić information content (AvgIpc) is 3.32. The maximum absolute atomic E-state index is 12.9. The van der Waals surface area contributed by atoms with Crippen LogP contribution in [0.2, 0.25) is 0 Å². The summed E-state index contributed by atoms with van der Waals surface area (Å²) in [6.07, 6.45) is 0.752. The number of carbonyl (C=O) groups excluding carboxylic acids is 1. The minimum atomic E-state index is -0.949. The van der Waals surface area contributed by atoms with E-state index in [2.05, 4.69) is 20.4 Å². The molecular formula is C21H21N5O4S. The number of imidazole rings is 1. The third kappa shape index (κ3) is 4.55. The van der Waals surface area contributed by atoms with Gasteiger partial charge in [0.1, 0.15) is 18.5 Å². The number of hydrogen-bond acceptors (Lipinski definition) is 8. The third-order valence-electron chi connectivity index (χ3n) is 4.49. The summed E-state index contributed by atoms with van der Waals surface area (Å²) in [6, 6.07) is 10.8. The Kier molecular flexibility index (Phi) is 5.94. The molecule has 0 saturated carbocycles. The van der Waals surface area contributed by atoms with Gasteiger partial charge in [-0.25, -0.2) is 14.5 Å². The molecule has 0 aliphatic heterocycles. The highest BCUT2D eigenvalue weighted by molar-refractivity contribution is 7.15. The van der Waals surface area contributed by atoms with Crippen LogP contribution in [-0.4, -0.2) is 55.0 Å². The van der Waals surface area contributed by atoms with Gasteiger partial charge in [-0.05, 0) is 38.1 Å². The summed E-state index contributed by atoms with van der Waals surface area (Å²) in [4.78, 5) is 22.5. The molecule has 0 aliphatic carbocycles. The van der Waals surface area contributed by atoms with Crippen molar-refractivity contribution in [3.63, 3.8) is 0 Å². The summed E-state index contributed by atoms with van der Waals surface area (Å²) < 4.78 is 7.03. The number of aromatic nitrogens is 4. The fraction of sp³-hybridized carbons (Fsp3) is 0.238. The molecule has 9 nitrogen and oxygen atoms in total. The molecule has 4 rings (SSSR count). The first-order valence-electron chi connectivity index (χ1n) is 9.57. The van der Waals surface area contributed by atoms with Crippen molar-refractivity contribution in [2.45, 2.75) is 20.0 Å². The monoisotopic (exact) mass is 439 g/mol. The Morgan fingerprint density at radius 2 is 2.13 bits per heavy atom. The smallest absolute Gasteiger partial charge is 0.278 e. The maximum atomic E-state index is 12.9. The van der Waals surface area contributed by atoms with Crippen molar-refractivity contribution >= 4 is 28.0 Å². The zero-order valence-electron chi connectivity index (χ0n) is 16.9. The molecular weight excluding hydrogens is 418 g/mol. The SMILES string of the molecule is Cc1cnc(NC(=O)c2c(C)nc3ccc(-c4cccc(OC[C@H](O)CO)c4)nn23)s1. The number of nitrogens with one attached hydrogen (secondary N) is 1. The van der Waals surface area contributed by atoms with Crippen molar-refractivity contribution in [3.05, 3.63) is 58.9 Å². The molecule has 1 atom stereocenters. The molecule has 1 amide bonds. The molecule has 0 fully saturated rings. The first-order chi connectivity index (χ1) is 14.9. The fourth-order valence-electron chi connectivity index (χ4n) is 3.02. The van der Waals surface area contributed by atoms with Gasteiger partial charge in [0.2, 0.25) is 0 Å². The molecule has 10 heteroatoms. The van der Waals surface area contributed by atoms with Crippen LogP contribution in [0, 0.1) is 13.8 Å². The number of nitrogens with zero attached hydrogens (tertiary/aromatic N) is 4. The average molecular weight is 439 g/mol. The lowest BCUT2D eigenvalue weighted by Crippen LogP contribution is -2.21. The quantitative estimate of drug-likeness (QED) is 0.404. The fourth-order valence-corrected chi connectivity index (χ4v) is 3.68. The van der Waals surface area contributed by atoms with E-state index in [1.807, 2.05) is 19.1 Å². The highest BCUT2D eigenvalue weighted by Gasteiger charge is 2.19. The second kappa shape index (κ2) is 8.80. The van der Waals surface area contributed by atoms with Gasteiger partial charge in [-0.15, -0.1) is 11.3 Å². The molecule has 0 saturated heterocycles. The van der Waals surface area contributed by atoms with E-state index in [4.69, 9.17) is 9.84 Å². The van der Waals surface area contributed by atoms with Gasteiger partial charge in [0.15, 0.2) is 16.5 Å². The van der Waals surface area contributed by atoms with Crippen molar-refractivity contribution in [2.24, 2.45) is 0 Å². The number of carbonyl (C=O) groups is 1. The third-order valence-corrected chi connectivity index (χ3v) is 5.32. The number of aryl methyl sites for hydroxylation is 2. The van der Waals surface area contributed by atoms with Crippen LogP contribution in [-0.2, 0) is 0 Å². The zero-order chi connectivity index (χ0) is 22.0. The Balaban J connectivity index is 1.65. The number of ether oxygens (including phenoxy) is 1. The van der Waals surface area contributed by atoms with Crippen LogP contribution in [0.4, 0.5) is 5.13 Å². The lowest BCUT2D eigenvalue weighted by atomic mass is 10.1. The number of aliphatic hydroxyl groups excluding tert-OH is 2. The van der Waals surface area contributed by atoms with E-state index in [-0.39, 0.29) is 19.1 Å². The molecule has 0 aliphatic rings. The van der Waals surface area contributed by atoms with Crippen molar-refractivity contribution in [1.29, 1.82) is 0 Å². The van der Waals surface area contributed by atoms with E-state index in [0.29, 0.717) is 33.6 Å². The van der Waals surface area contributed by atoms with Gasteiger partial charge >= 0.3 is 0 Å². The zero-order valence-corrected chi connectivity index (χ0v) is 17.8. The van der Waals surface area contributed by atoms with E-state index in [1.165, 1.54) is 15.9 Å². The van der Waals surface area contributed by atoms with E-state index in [9.17, 15) is 9.90 Å². The summed E-state index contributed by atoms with van der Waals surface area (Å²) >= 11 is 1.39. The summed E-state index contributed by atoms with van der Waals surface area (Å²) in [5, 5.41) is 26.3. The van der Waals surface area contributed by atoms with E-state index < -0.39 is 6.10 Å². The van der Waals surface area contributed by atoms with Crippen LogP contribution in [0.15, 0.2) is 42.6 Å². The number of benzene rings is 1. The molecule has 1 aromatic carbocycles. The van der Waals surface area contributed by atoms with Crippen molar-refractivity contribution < 1.29 is 19.7 Å². The van der Waals surface area contributed by atoms with Crippen molar-refractivity contribution in [3.8, 4) is 17.0 Å². The number of hydrogen-bond donors (Lipinski definition) is 3. The number of amides is 1. The van der Waals surface area contributed by atoms with Crippen molar-refractivity contribution in [1.82, 2.24) is 19.6 Å². The van der Waals surface area contributed by atoms with Crippen LogP contribution in [0.1, 0.15) is 21.1 Å². The Morgan fingerprint density at radius 3 is 2.87 bits per heavy atom. The molecule has 0 radical (unpaired) electrons. The Morgan fingerprint density at radius 1 is 1.29 bits per heavy atom. The van der Waals surface area contributed by atoms with Crippen LogP contribution in [0.5, 0.6) is 5.75 Å². The van der Waals surface area contributed by atoms with Crippen LogP contribution >= 0.6 is 11.3 Å². The Labute approximate surface area is 182 Å². The Bertz CT molecular complexity index is 1240. The minimum Gasteiger partial charge on any atom is -0.491 e. The highest BCUT2D eigenvalue weighted by atomic mass is 32.1. The molecule has 0 spiro atoms. The normalized spacial score (nSPS) is 12.1. The lowest BCUT2D eigenvalue weighted by molar-refractivity contribution is 0.0536. The molecule has 4 aromatic rings. The van der Waals surface area contributed by atoms with Gasteiger partial charge in [-0.3, -0.25) is 10.1 Å². The standard InChI is InChI=1S/C21H21N5O4S/c1-12-9-22-21(31-12)24-20(29)19-13(2)23-18-7-6-17(25-26(18)19)14-4-3-5-16(8-14)30-11-15(28)10-27/h3-9,15,27-28H,10-11H2,1-2H3,(H,22,24,29)/t15-/m1/s1. The summed E-state index contributed by atoms with van der Waals surface area (Å²) in [5.74, 6) is 0.199. The predicted molar refractivity (Wildman–Crippen MR) is 117 cm³/mol. The largest absolute Gasteiger partial charge is 0.491 e. The molecule has 3 heterocycles. The summed E-state index contributed by atoms with van der Waals surface area (Å²) in [5.41, 5.74) is 2.84. The highest BCUT2D eigenvalue weighted by Crippen LogP contribution is 2.24. The van der Waals surface area contributed by atoms with E-state index in [1.54, 1.807) is 37.4 Å². The first kappa shape index (κ1) is 20.9. The summed E-state index contributed by atoms with van der Waals surface area (Å²) in [7, 11) is 0. The topological polar surface area (TPSA) is 122 Å². The number of thiazole rings is 1. The number of rotatable bonds is 7. The van der Waals surface area contributed by atoms with Crippen LogP contribution < -0.4 is 10.1 Å².